The minimum absolute atomic E-state index is 0.440. The van der Waals surface area contributed by atoms with Crippen molar-refractivity contribution in [2.24, 2.45) is 5.73 Å². The van der Waals surface area contributed by atoms with Crippen LogP contribution in [0.1, 0.15) is 11.3 Å². The summed E-state index contributed by atoms with van der Waals surface area (Å²) in [7, 11) is 0. The molecule has 2 N–H and O–H groups in total. The molecule has 5 heteroatoms. The van der Waals surface area contributed by atoms with Crippen molar-refractivity contribution in [1.82, 2.24) is 20.0 Å². The Labute approximate surface area is 87.9 Å². The Morgan fingerprint density at radius 1 is 1.27 bits per heavy atom. The van der Waals surface area contributed by atoms with Crippen LogP contribution in [0.25, 0.3) is 0 Å². The molecule has 0 aliphatic heterocycles. The second-order valence-corrected chi connectivity index (χ2v) is 3.28. The fourth-order valence-electron chi connectivity index (χ4n) is 1.33. The van der Waals surface area contributed by atoms with E-state index in [0.717, 1.165) is 18.7 Å². The Balaban J connectivity index is 1.93. The minimum Gasteiger partial charge on any atom is -0.325 e. The van der Waals surface area contributed by atoms with Gasteiger partial charge >= 0.3 is 0 Å². The highest BCUT2D eigenvalue weighted by Crippen LogP contribution is 2.00. The van der Waals surface area contributed by atoms with Crippen LogP contribution in [0.2, 0.25) is 0 Å². The molecule has 0 aliphatic carbocycles. The topological polar surface area (TPSA) is 69.6 Å². The molecule has 15 heavy (non-hydrogen) atoms. The molecular weight excluding hydrogens is 190 g/mol. The SMILES string of the molecule is NCc1cn(CCc2ccncc2)nn1. The molecule has 0 fully saturated rings. The first-order valence-corrected chi connectivity index (χ1v) is 4.86. The molecule has 2 rings (SSSR count). The lowest BCUT2D eigenvalue weighted by Gasteiger charge is -1.99. The van der Waals surface area contributed by atoms with E-state index in [1.54, 1.807) is 12.4 Å². The molecule has 0 aliphatic rings. The van der Waals surface area contributed by atoms with Crippen molar-refractivity contribution in [2.75, 3.05) is 0 Å². The Kier molecular flexibility index (Phi) is 3.04. The number of nitrogens with two attached hydrogens (primary N) is 1. The molecule has 2 aromatic heterocycles. The summed E-state index contributed by atoms with van der Waals surface area (Å²) in [5.74, 6) is 0. The van der Waals surface area contributed by atoms with E-state index >= 15 is 0 Å². The Hall–Kier alpha value is -1.75. The average molecular weight is 203 g/mol. The molecular formula is C10H13N5. The number of aryl methyl sites for hydroxylation is 2. The van der Waals surface area contributed by atoms with Gasteiger partial charge in [0.15, 0.2) is 0 Å². The number of aromatic nitrogens is 4. The van der Waals surface area contributed by atoms with Crippen LogP contribution in [0.15, 0.2) is 30.7 Å². The van der Waals surface area contributed by atoms with Crippen molar-refractivity contribution in [1.29, 1.82) is 0 Å². The van der Waals surface area contributed by atoms with Gasteiger partial charge in [-0.1, -0.05) is 5.21 Å². The van der Waals surface area contributed by atoms with Gasteiger partial charge in [0, 0.05) is 31.7 Å². The Morgan fingerprint density at radius 2 is 2.07 bits per heavy atom. The van der Waals surface area contributed by atoms with Gasteiger partial charge in [-0.15, -0.1) is 5.10 Å². The lowest BCUT2D eigenvalue weighted by molar-refractivity contribution is 0.589. The zero-order chi connectivity index (χ0) is 10.5. The van der Waals surface area contributed by atoms with Gasteiger partial charge in [-0.3, -0.25) is 9.67 Å². The van der Waals surface area contributed by atoms with Crippen molar-refractivity contribution in [3.05, 3.63) is 42.0 Å². The molecule has 2 heterocycles. The minimum atomic E-state index is 0.440. The molecule has 0 bridgehead atoms. The molecule has 0 amide bonds. The van der Waals surface area contributed by atoms with Crippen molar-refractivity contribution in [3.8, 4) is 0 Å². The van der Waals surface area contributed by atoms with E-state index in [2.05, 4.69) is 15.3 Å². The molecule has 0 spiro atoms. The van der Waals surface area contributed by atoms with Crippen LogP contribution < -0.4 is 5.73 Å². The molecule has 0 unspecified atom stereocenters. The van der Waals surface area contributed by atoms with Crippen molar-refractivity contribution in [2.45, 2.75) is 19.5 Å². The summed E-state index contributed by atoms with van der Waals surface area (Å²) in [4.78, 5) is 3.97. The predicted molar refractivity (Wildman–Crippen MR) is 55.9 cm³/mol. The zero-order valence-corrected chi connectivity index (χ0v) is 8.37. The maximum atomic E-state index is 5.45. The van der Waals surface area contributed by atoms with Gasteiger partial charge in [0.1, 0.15) is 0 Å². The fourth-order valence-corrected chi connectivity index (χ4v) is 1.33. The Bertz CT molecular complexity index is 409. The number of rotatable bonds is 4. The summed E-state index contributed by atoms with van der Waals surface area (Å²) in [6.07, 6.45) is 6.39. The van der Waals surface area contributed by atoms with Gasteiger partial charge in [-0.25, -0.2) is 0 Å². The third-order valence-electron chi connectivity index (χ3n) is 2.17. The monoisotopic (exact) mass is 203 g/mol. The van der Waals surface area contributed by atoms with Gasteiger partial charge in [0.2, 0.25) is 0 Å². The lowest BCUT2D eigenvalue weighted by Crippen LogP contribution is -2.02. The van der Waals surface area contributed by atoms with E-state index in [1.165, 1.54) is 5.56 Å². The smallest absolute Gasteiger partial charge is 0.0962 e. The molecule has 0 atom stereocenters. The summed E-state index contributed by atoms with van der Waals surface area (Å²) in [6.45, 7) is 1.26. The number of pyridine rings is 1. The van der Waals surface area contributed by atoms with Gasteiger partial charge < -0.3 is 5.73 Å². The summed E-state index contributed by atoms with van der Waals surface area (Å²) in [5.41, 5.74) is 7.52. The van der Waals surface area contributed by atoms with Gasteiger partial charge in [-0.2, -0.15) is 0 Å². The molecule has 0 radical (unpaired) electrons. The zero-order valence-electron chi connectivity index (χ0n) is 8.37. The van der Waals surface area contributed by atoms with Gasteiger partial charge in [0.25, 0.3) is 0 Å². The van der Waals surface area contributed by atoms with Gasteiger partial charge in [-0.05, 0) is 24.1 Å². The van der Waals surface area contributed by atoms with E-state index in [1.807, 2.05) is 23.0 Å². The van der Waals surface area contributed by atoms with Crippen LogP contribution in [-0.4, -0.2) is 20.0 Å². The van der Waals surface area contributed by atoms with Gasteiger partial charge in [0.05, 0.1) is 5.69 Å². The molecule has 0 saturated carbocycles. The highest BCUT2D eigenvalue weighted by molar-refractivity contribution is 5.09. The highest BCUT2D eigenvalue weighted by Gasteiger charge is 1.98. The normalized spacial score (nSPS) is 10.5. The Morgan fingerprint density at radius 3 is 2.73 bits per heavy atom. The maximum absolute atomic E-state index is 5.45. The first-order chi connectivity index (χ1) is 7.38. The van der Waals surface area contributed by atoms with E-state index in [0.29, 0.717) is 6.54 Å². The van der Waals surface area contributed by atoms with Crippen molar-refractivity contribution >= 4 is 0 Å². The van der Waals surface area contributed by atoms with E-state index < -0.39 is 0 Å². The van der Waals surface area contributed by atoms with E-state index in [9.17, 15) is 0 Å². The first kappa shape index (κ1) is 9.79. The summed E-state index contributed by atoms with van der Waals surface area (Å²) in [6, 6.07) is 4.00. The molecule has 2 aromatic rings. The molecule has 5 nitrogen and oxygen atoms in total. The standard InChI is InChI=1S/C10H13N5/c11-7-10-8-15(14-13-10)6-3-9-1-4-12-5-2-9/h1-2,4-5,8H,3,6-7,11H2. The van der Waals surface area contributed by atoms with Crippen LogP contribution in [-0.2, 0) is 19.5 Å². The average Bonchev–Trinajstić information content (AvgIpc) is 2.76. The quantitative estimate of drug-likeness (QED) is 0.779. The molecule has 0 aromatic carbocycles. The number of hydrogen-bond acceptors (Lipinski definition) is 4. The number of hydrogen-bond donors (Lipinski definition) is 1. The van der Waals surface area contributed by atoms with Crippen LogP contribution in [0.3, 0.4) is 0 Å². The summed E-state index contributed by atoms with van der Waals surface area (Å²) < 4.78 is 1.81. The van der Waals surface area contributed by atoms with E-state index in [-0.39, 0.29) is 0 Å². The van der Waals surface area contributed by atoms with Crippen LogP contribution in [0.4, 0.5) is 0 Å². The second kappa shape index (κ2) is 4.65. The van der Waals surface area contributed by atoms with Crippen LogP contribution in [0, 0.1) is 0 Å². The largest absolute Gasteiger partial charge is 0.325 e. The van der Waals surface area contributed by atoms with E-state index in [4.69, 9.17) is 5.73 Å². The summed E-state index contributed by atoms with van der Waals surface area (Å²) in [5, 5.41) is 7.90. The predicted octanol–water partition coefficient (Wildman–Crippen LogP) is 0.374. The fraction of sp³-hybridized carbons (Fsp3) is 0.300. The summed E-state index contributed by atoms with van der Waals surface area (Å²) >= 11 is 0. The molecule has 0 saturated heterocycles. The lowest BCUT2D eigenvalue weighted by atomic mass is 10.2. The van der Waals surface area contributed by atoms with Crippen LogP contribution >= 0.6 is 0 Å². The highest BCUT2D eigenvalue weighted by atomic mass is 15.4. The van der Waals surface area contributed by atoms with Crippen LogP contribution in [0.5, 0.6) is 0 Å². The first-order valence-electron chi connectivity index (χ1n) is 4.86. The van der Waals surface area contributed by atoms with Crippen molar-refractivity contribution in [3.63, 3.8) is 0 Å². The maximum Gasteiger partial charge on any atom is 0.0962 e. The molecule has 78 valence electrons. The second-order valence-electron chi connectivity index (χ2n) is 3.28. The third-order valence-corrected chi connectivity index (χ3v) is 2.17. The van der Waals surface area contributed by atoms with Crippen molar-refractivity contribution < 1.29 is 0 Å². The number of nitrogens with zero attached hydrogens (tertiary/aromatic N) is 4. The third kappa shape index (κ3) is 2.60.